The number of anilines is 1. The van der Waals surface area contributed by atoms with Crippen molar-refractivity contribution in [1.82, 2.24) is 15.0 Å². The summed E-state index contributed by atoms with van der Waals surface area (Å²) < 4.78 is 0. The molecule has 1 aliphatic heterocycles. The zero-order valence-electron chi connectivity index (χ0n) is 10.4. The summed E-state index contributed by atoms with van der Waals surface area (Å²) in [7, 11) is 0. The molecule has 0 atom stereocenters. The van der Waals surface area contributed by atoms with E-state index in [0.717, 1.165) is 24.7 Å². The fourth-order valence-electron chi connectivity index (χ4n) is 2.49. The second-order valence-electron chi connectivity index (χ2n) is 5.19. The summed E-state index contributed by atoms with van der Waals surface area (Å²) in [5.74, 6) is 1.48. The van der Waals surface area contributed by atoms with Gasteiger partial charge in [0.2, 0.25) is 5.95 Å². The van der Waals surface area contributed by atoms with Crippen molar-refractivity contribution in [2.24, 2.45) is 0 Å². The van der Waals surface area contributed by atoms with Crippen LogP contribution in [0.3, 0.4) is 0 Å². The van der Waals surface area contributed by atoms with Crippen LogP contribution >= 0.6 is 11.6 Å². The number of aromatic nitrogens is 3. The van der Waals surface area contributed by atoms with Crippen LogP contribution in [0.2, 0.25) is 5.15 Å². The molecule has 0 spiro atoms. The summed E-state index contributed by atoms with van der Waals surface area (Å²) in [4.78, 5) is 15.4. The van der Waals surface area contributed by atoms with Gasteiger partial charge in [0, 0.05) is 18.9 Å². The van der Waals surface area contributed by atoms with Crippen molar-refractivity contribution in [3.63, 3.8) is 0 Å². The number of rotatable bonds is 2. The Labute approximate surface area is 116 Å². The number of hydrogen-bond acceptors (Lipinski definition) is 4. The largest absolute Gasteiger partial charge is 0.331 e. The molecule has 0 radical (unpaired) electrons. The maximum atomic E-state index is 5.92. The number of nitrogens with zero attached hydrogens (tertiary/aromatic N) is 4. The molecule has 0 amide bonds. The van der Waals surface area contributed by atoms with Crippen molar-refractivity contribution >= 4 is 17.5 Å². The van der Waals surface area contributed by atoms with Gasteiger partial charge in [0.15, 0.2) is 0 Å². The topological polar surface area (TPSA) is 41.9 Å². The fourth-order valence-corrected chi connectivity index (χ4v) is 2.66. The van der Waals surface area contributed by atoms with Crippen LogP contribution in [0, 0.1) is 0 Å². The molecule has 96 valence electrons. The van der Waals surface area contributed by atoms with Gasteiger partial charge in [0.05, 0.1) is 12.2 Å². The van der Waals surface area contributed by atoms with Crippen molar-refractivity contribution in [3.8, 4) is 0 Å². The molecule has 4 nitrogen and oxygen atoms in total. The molecule has 1 fully saturated rings. The van der Waals surface area contributed by atoms with Crippen LogP contribution in [0.1, 0.15) is 35.6 Å². The first-order valence-corrected chi connectivity index (χ1v) is 6.88. The van der Waals surface area contributed by atoms with Crippen LogP contribution < -0.4 is 4.90 Å². The van der Waals surface area contributed by atoms with E-state index in [0.29, 0.717) is 11.1 Å². The first kappa shape index (κ1) is 11.2. The highest BCUT2D eigenvalue weighted by molar-refractivity contribution is 6.29. The molecule has 1 aliphatic carbocycles. The number of fused-ring (bicyclic) bond motifs is 1. The van der Waals surface area contributed by atoms with E-state index in [1.165, 1.54) is 24.0 Å². The molecular formula is C14H13ClN4. The van der Waals surface area contributed by atoms with E-state index >= 15 is 0 Å². The molecule has 4 rings (SSSR count). The first-order chi connectivity index (χ1) is 9.29. The highest BCUT2D eigenvalue weighted by Crippen LogP contribution is 2.39. The van der Waals surface area contributed by atoms with Crippen LogP contribution in [-0.4, -0.2) is 15.0 Å². The molecule has 0 N–H and O–H groups in total. The second kappa shape index (κ2) is 4.17. The van der Waals surface area contributed by atoms with Gasteiger partial charge in [-0.3, -0.25) is 0 Å². The van der Waals surface area contributed by atoms with Crippen LogP contribution in [0.25, 0.3) is 0 Å². The minimum atomic E-state index is 0.547. The van der Waals surface area contributed by atoms with E-state index < -0.39 is 0 Å². The van der Waals surface area contributed by atoms with Crippen molar-refractivity contribution in [3.05, 3.63) is 46.5 Å². The smallest absolute Gasteiger partial charge is 0.225 e. The van der Waals surface area contributed by atoms with Gasteiger partial charge in [-0.1, -0.05) is 17.7 Å². The molecule has 0 unspecified atom stereocenters. The monoisotopic (exact) mass is 272 g/mol. The van der Waals surface area contributed by atoms with Crippen LogP contribution in [0.5, 0.6) is 0 Å². The summed E-state index contributed by atoms with van der Waals surface area (Å²) in [5.41, 5.74) is 3.50. The van der Waals surface area contributed by atoms with Crippen LogP contribution in [0.15, 0.2) is 24.5 Å². The molecule has 0 saturated heterocycles. The average Bonchev–Trinajstić information content (AvgIpc) is 3.19. The van der Waals surface area contributed by atoms with Crippen LogP contribution in [-0.2, 0) is 13.1 Å². The maximum absolute atomic E-state index is 5.92. The minimum absolute atomic E-state index is 0.547. The fraction of sp³-hybridized carbons (Fsp3) is 0.357. The Bertz CT molecular complexity index is 622. The summed E-state index contributed by atoms with van der Waals surface area (Å²) >= 11 is 5.92. The maximum Gasteiger partial charge on any atom is 0.225 e. The van der Waals surface area contributed by atoms with Gasteiger partial charge >= 0.3 is 0 Å². The highest BCUT2D eigenvalue weighted by atomic mass is 35.5. The zero-order valence-corrected chi connectivity index (χ0v) is 11.1. The van der Waals surface area contributed by atoms with E-state index in [4.69, 9.17) is 11.6 Å². The lowest BCUT2D eigenvalue weighted by Gasteiger charge is -2.14. The van der Waals surface area contributed by atoms with E-state index in [9.17, 15) is 0 Å². The lowest BCUT2D eigenvalue weighted by atomic mass is 10.2. The van der Waals surface area contributed by atoms with Crippen molar-refractivity contribution in [2.45, 2.75) is 31.8 Å². The standard InChI is InChI=1S/C14H13ClN4/c15-13-4-3-10-7-19(8-12(10)18-13)14-16-5-11(6-17-14)9-1-2-9/h3-6,9H,1-2,7-8H2. The minimum Gasteiger partial charge on any atom is -0.331 e. The van der Waals surface area contributed by atoms with Crippen molar-refractivity contribution in [1.29, 1.82) is 0 Å². The molecule has 5 heteroatoms. The molecule has 1 saturated carbocycles. The second-order valence-corrected chi connectivity index (χ2v) is 5.57. The zero-order chi connectivity index (χ0) is 12.8. The quantitative estimate of drug-likeness (QED) is 0.789. The average molecular weight is 273 g/mol. The SMILES string of the molecule is Clc1ccc2c(n1)CN(c1ncc(C3CC3)cn1)C2. The molecule has 3 heterocycles. The van der Waals surface area contributed by atoms with Crippen molar-refractivity contribution < 1.29 is 0 Å². The van der Waals surface area contributed by atoms with Gasteiger partial charge < -0.3 is 4.90 Å². The third kappa shape index (κ3) is 2.06. The van der Waals surface area contributed by atoms with Crippen molar-refractivity contribution in [2.75, 3.05) is 4.90 Å². The summed E-state index contributed by atoms with van der Waals surface area (Å²) in [5, 5.41) is 0.547. The van der Waals surface area contributed by atoms with Gasteiger partial charge in [-0.25, -0.2) is 15.0 Å². The Hall–Kier alpha value is -1.68. The van der Waals surface area contributed by atoms with Gasteiger partial charge in [-0.05, 0) is 36.0 Å². The van der Waals surface area contributed by atoms with E-state index in [2.05, 4.69) is 19.9 Å². The van der Waals surface area contributed by atoms with Gasteiger partial charge in [0.25, 0.3) is 0 Å². The highest BCUT2D eigenvalue weighted by Gasteiger charge is 2.26. The summed E-state index contributed by atoms with van der Waals surface area (Å²) in [6, 6.07) is 3.87. The molecule has 2 aliphatic rings. The van der Waals surface area contributed by atoms with Crippen LogP contribution in [0.4, 0.5) is 5.95 Å². The molecule has 2 aromatic heterocycles. The number of halogens is 1. The molecular weight excluding hydrogens is 260 g/mol. The summed E-state index contributed by atoms with van der Waals surface area (Å²) in [6.45, 7) is 1.54. The Kier molecular flexibility index (Phi) is 2.45. The Balaban J connectivity index is 1.58. The predicted octanol–water partition coefficient (Wildman–Crippen LogP) is 2.92. The lowest BCUT2D eigenvalue weighted by Crippen LogP contribution is -2.17. The molecule has 0 aromatic carbocycles. The molecule has 19 heavy (non-hydrogen) atoms. The van der Waals surface area contributed by atoms with E-state index in [-0.39, 0.29) is 0 Å². The third-order valence-corrected chi connectivity index (χ3v) is 3.94. The van der Waals surface area contributed by atoms with E-state index in [1.54, 1.807) is 0 Å². The van der Waals surface area contributed by atoms with E-state index in [1.807, 2.05) is 24.5 Å². The van der Waals surface area contributed by atoms with Gasteiger partial charge in [0.1, 0.15) is 5.15 Å². The first-order valence-electron chi connectivity index (χ1n) is 6.51. The summed E-state index contributed by atoms with van der Waals surface area (Å²) in [6.07, 6.45) is 6.48. The lowest BCUT2D eigenvalue weighted by molar-refractivity contribution is 0.816. The number of pyridine rings is 1. The number of hydrogen-bond donors (Lipinski definition) is 0. The normalized spacial score (nSPS) is 17.6. The Morgan fingerprint density at radius 2 is 1.89 bits per heavy atom. The van der Waals surface area contributed by atoms with Gasteiger partial charge in [-0.2, -0.15) is 0 Å². The molecule has 2 aromatic rings. The Morgan fingerprint density at radius 3 is 2.63 bits per heavy atom. The molecule has 0 bridgehead atoms. The van der Waals surface area contributed by atoms with Gasteiger partial charge in [-0.15, -0.1) is 0 Å². The Morgan fingerprint density at radius 1 is 1.11 bits per heavy atom. The third-order valence-electron chi connectivity index (χ3n) is 3.73. The predicted molar refractivity (Wildman–Crippen MR) is 73.1 cm³/mol.